The Balaban J connectivity index is 1.36. The Hall–Kier alpha value is -4.12. The lowest BCUT2D eigenvalue weighted by Gasteiger charge is -2.13. The smallest absolute Gasteiger partial charge is 0.293 e. The lowest BCUT2D eigenvalue weighted by molar-refractivity contribution is -0.124. The van der Waals surface area contributed by atoms with Crippen LogP contribution in [0.3, 0.4) is 0 Å². The average Bonchev–Trinajstić information content (AvgIpc) is 3.10. The van der Waals surface area contributed by atoms with Crippen LogP contribution in [0.5, 0.6) is 5.75 Å². The van der Waals surface area contributed by atoms with E-state index in [-0.39, 0.29) is 28.8 Å². The molecular formula is C23H20N4O6S. The number of H-pyrrole nitrogens is 1. The fourth-order valence-electron chi connectivity index (χ4n) is 3.41. The monoisotopic (exact) mass is 480 g/mol. The molecule has 0 radical (unpaired) electrons. The molecular weight excluding hydrogens is 460 g/mol. The van der Waals surface area contributed by atoms with Gasteiger partial charge in [0.05, 0.1) is 22.8 Å². The molecule has 1 aliphatic rings. The Morgan fingerprint density at radius 3 is 2.47 bits per heavy atom. The van der Waals surface area contributed by atoms with Gasteiger partial charge in [0.15, 0.2) is 0 Å². The molecule has 1 saturated heterocycles. The quantitative estimate of drug-likeness (QED) is 0.491. The maximum atomic E-state index is 12.6. The van der Waals surface area contributed by atoms with Crippen LogP contribution in [0.25, 0.3) is 16.8 Å². The van der Waals surface area contributed by atoms with Crippen molar-refractivity contribution in [3.05, 3.63) is 79.7 Å². The molecule has 2 N–H and O–H groups in total. The van der Waals surface area contributed by atoms with E-state index in [9.17, 15) is 24.0 Å². The predicted octanol–water partition coefficient (Wildman–Crippen LogP) is 1.55. The summed E-state index contributed by atoms with van der Waals surface area (Å²) in [5.74, 6) is -0.319. The SMILES string of the molecule is COc1ccc(/C=C2/SC(=O)N(CCNC(=O)Cn3[nH]c(=O)c4ccccc4c3=O)C2=O)cc1. The van der Waals surface area contributed by atoms with Gasteiger partial charge in [0.2, 0.25) is 5.91 Å². The van der Waals surface area contributed by atoms with Gasteiger partial charge in [-0.3, -0.25) is 34.0 Å². The minimum Gasteiger partial charge on any atom is -0.497 e. The summed E-state index contributed by atoms with van der Waals surface area (Å²) >= 11 is 0.822. The van der Waals surface area contributed by atoms with Gasteiger partial charge in [-0.15, -0.1) is 0 Å². The van der Waals surface area contributed by atoms with Gasteiger partial charge < -0.3 is 10.1 Å². The summed E-state index contributed by atoms with van der Waals surface area (Å²) in [6.07, 6.45) is 1.62. The number of imide groups is 1. The third-order valence-corrected chi connectivity index (χ3v) is 6.04. The van der Waals surface area contributed by atoms with Gasteiger partial charge in [0, 0.05) is 13.1 Å². The minimum atomic E-state index is -0.547. The van der Waals surface area contributed by atoms with Gasteiger partial charge in [-0.2, -0.15) is 0 Å². The van der Waals surface area contributed by atoms with E-state index in [1.54, 1.807) is 49.6 Å². The Morgan fingerprint density at radius 2 is 1.76 bits per heavy atom. The molecule has 0 spiro atoms. The Labute approximate surface area is 197 Å². The first kappa shape index (κ1) is 23.1. The van der Waals surface area contributed by atoms with Crippen LogP contribution in [0.2, 0.25) is 0 Å². The molecule has 1 aliphatic heterocycles. The molecule has 174 valence electrons. The molecule has 3 aromatic rings. The van der Waals surface area contributed by atoms with Crippen LogP contribution in [-0.2, 0) is 16.1 Å². The highest BCUT2D eigenvalue weighted by Gasteiger charge is 2.34. The van der Waals surface area contributed by atoms with E-state index < -0.39 is 34.7 Å². The van der Waals surface area contributed by atoms with E-state index in [1.807, 2.05) is 0 Å². The highest BCUT2D eigenvalue weighted by atomic mass is 32.2. The summed E-state index contributed by atoms with van der Waals surface area (Å²) in [5.41, 5.74) is -0.237. The van der Waals surface area contributed by atoms with Crippen molar-refractivity contribution in [3.63, 3.8) is 0 Å². The van der Waals surface area contributed by atoms with E-state index in [0.717, 1.165) is 26.9 Å². The van der Waals surface area contributed by atoms with Crippen LogP contribution in [-0.4, -0.2) is 51.9 Å². The largest absolute Gasteiger partial charge is 0.497 e. The first-order valence-corrected chi connectivity index (χ1v) is 11.1. The number of benzene rings is 2. The summed E-state index contributed by atoms with van der Waals surface area (Å²) in [7, 11) is 1.55. The van der Waals surface area contributed by atoms with Crippen LogP contribution in [0.1, 0.15) is 5.56 Å². The molecule has 1 fully saturated rings. The number of amides is 3. The molecule has 11 heteroatoms. The second-order valence-electron chi connectivity index (χ2n) is 7.33. The third kappa shape index (κ3) is 4.79. The summed E-state index contributed by atoms with van der Waals surface area (Å²) < 4.78 is 6.03. The van der Waals surface area contributed by atoms with Gasteiger partial charge in [-0.25, -0.2) is 4.68 Å². The van der Waals surface area contributed by atoms with E-state index in [0.29, 0.717) is 5.75 Å². The zero-order valence-corrected chi connectivity index (χ0v) is 18.9. The second-order valence-corrected chi connectivity index (χ2v) is 8.33. The van der Waals surface area contributed by atoms with E-state index in [2.05, 4.69) is 10.4 Å². The molecule has 3 amide bonds. The van der Waals surface area contributed by atoms with E-state index in [4.69, 9.17) is 4.74 Å². The van der Waals surface area contributed by atoms with Crippen molar-refractivity contribution in [3.8, 4) is 5.75 Å². The van der Waals surface area contributed by atoms with Crippen molar-refractivity contribution in [2.45, 2.75) is 6.54 Å². The average molecular weight is 481 g/mol. The van der Waals surface area contributed by atoms with Crippen LogP contribution in [0.15, 0.2) is 63.0 Å². The summed E-state index contributed by atoms with van der Waals surface area (Å²) in [6, 6.07) is 13.4. The van der Waals surface area contributed by atoms with Gasteiger partial charge in [-0.1, -0.05) is 24.3 Å². The molecule has 1 aromatic heterocycles. The maximum absolute atomic E-state index is 12.6. The van der Waals surface area contributed by atoms with Crippen molar-refractivity contribution in [2.75, 3.05) is 20.2 Å². The first-order valence-electron chi connectivity index (χ1n) is 10.3. The number of methoxy groups -OCH3 is 1. The molecule has 0 bridgehead atoms. The minimum absolute atomic E-state index is 0.000741. The lowest BCUT2D eigenvalue weighted by atomic mass is 10.2. The number of carbonyl (C=O) groups is 3. The number of aromatic nitrogens is 2. The van der Waals surface area contributed by atoms with Gasteiger partial charge >= 0.3 is 0 Å². The van der Waals surface area contributed by atoms with Crippen molar-refractivity contribution in [1.82, 2.24) is 20.0 Å². The molecule has 0 atom stereocenters. The summed E-state index contributed by atoms with van der Waals surface area (Å²) in [5, 5.41) is 4.96. The summed E-state index contributed by atoms with van der Waals surface area (Å²) in [6.45, 7) is -0.434. The molecule has 2 aromatic carbocycles. The van der Waals surface area contributed by atoms with Crippen molar-refractivity contribution in [2.24, 2.45) is 0 Å². The number of thioether (sulfide) groups is 1. The highest BCUT2D eigenvalue weighted by Crippen LogP contribution is 2.32. The zero-order valence-electron chi connectivity index (χ0n) is 18.1. The molecule has 4 rings (SSSR count). The molecule has 0 saturated carbocycles. The number of rotatable bonds is 7. The Morgan fingerprint density at radius 1 is 1.06 bits per heavy atom. The molecule has 10 nitrogen and oxygen atoms in total. The number of hydrogen-bond acceptors (Lipinski definition) is 7. The second kappa shape index (κ2) is 9.79. The number of carbonyl (C=O) groups excluding carboxylic acids is 3. The molecule has 0 aliphatic carbocycles. The van der Waals surface area contributed by atoms with Crippen molar-refractivity contribution < 1.29 is 19.1 Å². The molecule has 34 heavy (non-hydrogen) atoms. The van der Waals surface area contributed by atoms with Gasteiger partial charge in [0.1, 0.15) is 12.3 Å². The third-order valence-electron chi connectivity index (χ3n) is 5.13. The normalized spacial score (nSPS) is 14.7. The Kier molecular flexibility index (Phi) is 6.64. The van der Waals surface area contributed by atoms with Crippen LogP contribution in [0, 0.1) is 0 Å². The number of nitrogens with zero attached hydrogens (tertiary/aromatic N) is 2. The fraction of sp³-hybridized carbons (Fsp3) is 0.174. The Bertz CT molecular complexity index is 1420. The first-order chi connectivity index (χ1) is 16.4. The van der Waals surface area contributed by atoms with Gasteiger partial charge in [0.25, 0.3) is 22.3 Å². The molecule has 0 unspecified atom stereocenters. The summed E-state index contributed by atoms with van der Waals surface area (Å²) in [4.78, 5) is 63.2. The topological polar surface area (TPSA) is 131 Å². The number of ether oxygens (including phenoxy) is 1. The molecule has 2 heterocycles. The van der Waals surface area contributed by atoms with Crippen LogP contribution >= 0.6 is 11.8 Å². The van der Waals surface area contributed by atoms with Crippen LogP contribution in [0.4, 0.5) is 4.79 Å². The lowest BCUT2D eigenvalue weighted by Crippen LogP contribution is -2.40. The van der Waals surface area contributed by atoms with E-state index >= 15 is 0 Å². The number of nitrogens with one attached hydrogen (secondary N) is 2. The number of hydrogen-bond donors (Lipinski definition) is 2. The zero-order chi connectivity index (χ0) is 24.2. The van der Waals surface area contributed by atoms with E-state index in [1.165, 1.54) is 12.1 Å². The van der Waals surface area contributed by atoms with Crippen molar-refractivity contribution >= 4 is 45.7 Å². The standard InChI is InChI=1S/C23H20N4O6S/c1-33-15-8-6-14(7-9-15)12-18-22(31)26(23(32)34-18)11-10-24-19(28)13-27-21(30)17-5-3-2-4-16(17)20(29)25-27/h2-9,12H,10-11,13H2,1H3,(H,24,28)(H,25,29)/b18-12+. The number of aromatic amines is 1. The van der Waals surface area contributed by atoms with Crippen LogP contribution < -0.4 is 21.2 Å². The van der Waals surface area contributed by atoms with Gasteiger partial charge in [-0.05, 0) is 47.7 Å². The van der Waals surface area contributed by atoms with Crippen molar-refractivity contribution in [1.29, 1.82) is 0 Å². The predicted molar refractivity (Wildman–Crippen MR) is 128 cm³/mol. The number of fused-ring (bicyclic) bond motifs is 1. The maximum Gasteiger partial charge on any atom is 0.293 e. The fourth-order valence-corrected chi connectivity index (χ4v) is 4.27. The highest BCUT2D eigenvalue weighted by molar-refractivity contribution is 8.18.